The van der Waals surface area contributed by atoms with E-state index in [0.717, 1.165) is 35.7 Å². The Hall–Kier alpha value is -2.30. The highest BCUT2D eigenvalue weighted by atomic mass is 35.5. The van der Waals surface area contributed by atoms with E-state index in [1.165, 1.54) is 11.1 Å². The van der Waals surface area contributed by atoms with Gasteiger partial charge in [0, 0.05) is 24.7 Å². The summed E-state index contributed by atoms with van der Waals surface area (Å²) in [6, 6.07) is 16.1. The third kappa shape index (κ3) is 5.85. The molecule has 0 bridgehead atoms. The van der Waals surface area contributed by atoms with Crippen molar-refractivity contribution in [2.45, 2.75) is 19.8 Å². The summed E-state index contributed by atoms with van der Waals surface area (Å²) in [5.74, 6) is -0.0229. The van der Waals surface area contributed by atoms with Gasteiger partial charge >= 0.3 is 5.97 Å². The highest BCUT2D eigenvalue weighted by Gasteiger charge is 2.31. The maximum absolute atomic E-state index is 10.8. The first-order valence-corrected chi connectivity index (χ1v) is 9.98. The van der Waals surface area contributed by atoms with Gasteiger partial charge < -0.3 is 9.84 Å². The minimum Gasteiger partial charge on any atom is -0.494 e. The number of halogens is 1. The van der Waals surface area contributed by atoms with Crippen molar-refractivity contribution < 1.29 is 14.6 Å². The van der Waals surface area contributed by atoms with Gasteiger partial charge in [0.1, 0.15) is 5.75 Å². The largest absolute Gasteiger partial charge is 0.494 e. The van der Waals surface area contributed by atoms with Crippen LogP contribution in [0.25, 0.3) is 5.57 Å². The van der Waals surface area contributed by atoms with E-state index in [1.54, 1.807) is 0 Å². The summed E-state index contributed by atoms with van der Waals surface area (Å²) in [5, 5.41) is 9.68. The molecule has 0 aliphatic carbocycles. The van der Waals surface area contributed by atoms with E-state index in [0.29, 0.717) is 19.7 Å². The lowest BCUT2D eigenvalue weighted by Crippen LogP contribution is -2.50. The normalized spacial score (nSPS) is 15.3. The molecule has 4 nitrogen and oxygen atoms in total. The topological polar surface area (TPSA) is 49.8 Å². The second kappa shape index (κ2) is 9.76. The maximum Gasteiger partial charge on any atom is 0.309 e. The Labute approximate surface area is 171 Å². The summed E-state index contributed by atoms with van der Waals surface area (Å²) in [4.78, 5) is 13.0. The molecule has 0 spiro atoms. The van der Waals surface area contributed by atoms with Gasteiger partial charge in [-0.2, -0.15) is 0 Å². The van der Waals surface area contributed by atoms with Gasteiger partial charge in [-0.15, -0.1) is 0 Å². The Balaban J connectivity index is 1.39. The van der Waals surface area contributed by atoms with Crippen molar-refractivity contribution in [2.24, 2.45) is 5.92 Å². The number of carboxylic acids is 1. The Morgan fingerprint density at radius 1 is 1.18 bits per heavy atom. The fourth-order valence-corrected chi connectivity index (χ4v) is 3.32. The molecule has 0 atom stereocenters. The SMILES string of the molecule is CC(=CCN1CC(C(=O)O)C1)c1ccc(OCCCc2ccc(Cl)cc2)cc1. The van der Waals surface area contributed by atoms with Gasteiger partial charge in [0.05, 0.1) is 12.5 Å². The van der Waals surface area contributed by atoms with Crippen molar-refractivity contribution in [2.75, 3.05) is 26.2 Å². The number of hydrogen-bond acceptors (Lipinski definition) is 3. The van der Waals surface area contributed by atoms with Gasteiger partial charge in [-0.05, 0) is 60.7 Å². The zero-order valence-corrected chi connectivity index (χ0v) is 16.9. The van der Waals surface area contributed by atoms with E-state index >= 15 is 0 Å². The molecule has 5 heteroatoms. The van der Waals surface area contributed by atoms with E-state index in [1.807, 2.05) is 36.4 Å². The molecule has 1 aliphatic heterocycles. The lowest BCUT2D eigenvalue weighted by molar-refractivity contribution is -0.147. The molecule has 28 heavy (non-hydrogen) atoms. The van der Waals surface area contributed by atoms with Crippen LogP contribution in [0.3, 0.4) is 0 Å². The quantitative estimate of drug-likeness (QED) is 0.617. The fraction of sp³-hybridized carbons (Fsp3) is 0.348. The molecular formula is C23H26ClNO3. The van der Waals surface area contributed by atoms with E-state index in [9.17, 15) is 4.79 Å². The Morgan fingerprint density at radius 3 is 2.50 bits per heavy atom. The molecule has 1 fully saturated rings. The number of rotatable bonds is 9. The molecule has 1 aliphatic rings. The molecule has 0 amide bonds. The predicted molar refractivity (Wildman–Crippen MR) is 113 cm³/mol. The van der Waals surface area contributed by atoms with Crippen LogP contribution in [0.2, 0.25) is 5.02 Å². The molecule has 1 heterocycles. The summed E-state index contributed by atoms with van der Waals surface area (Å²) in [7, 11) is 0. The van der Waals surface area contributed by atoms with Crippen LogP contribution in [-0.2, 0) is 11.2 Å². The smallest absolute Gasteiger partial charge is 0.309 e. The minimum absolute atomic E-state index is 0.204. The number of carboxylic acid groups (broad SMARTS) is 1. The number of ether oxygens (including phenoxy) is 1. The lowest BCUT2D eigenvalue weighted by atomic mass is 10.00. The lowest BCUT2D eigenvalue weighted by Gasteiger charge is -2.35. The monoisotopic (exact) mass is 399 g/mol. The summed E-state index contributed by atoms with van der Waals surface area (Å²) in [5.41, 5.74) is 3.61. The summed E-state index contributed by atoms with van der Waals surface area (Å²) >= 11 is 5.90. The summed E-state index contributed by atoms with van der Waals surface area (Å²) in [6.07, 6.45) is 4.08. The zero-order chi connectivity index (χ0) is 19.9. The van der Waals surface area contributed by atoms with Crippen molar-refractivity contribution in [1.29, 1.82) is 0 Å². The number of nitrogens with zero attached hydrogens (tertiary/aromatic N) is 1. The number of likely N-dealkylation sites (tertiary alicyclic amines) is 1. The van der Waals surface area contributed by atoms with E-state index in [2.05, 4.69) is 30.0 Å². The second-order valence-electron chi connectivity index (χ2n) is 7.24. The number of allylic oxidation sites excluding steroid dienone is 1. The molecular weight excluding hydrogens is 374 g/mol. The van der Waals surface area contributed by atoms with Crippen molar-refractivity contribution in [3.8, 4) is 5.75 Å². The zero-order valence-electron chi connectivity index (χ0n) is 16.1. The predicted octanol–water partition coefficient (Wildman–Crippen LogP) is 4.77. The molecule has 2 aromatic rings. The van der Waals surface area contributed by atoms with E-state index in [-0.39, 0.29) is 5.92 Å². The third-order valence-electron chi connectivity index (χ3n) is 5.06. The fourth-order valence-electron chi connectivity index (χ4n) is 3.19. The Bertz CT molecular complexity index is 809. The van der Waals surface area contributed by atoms with Gasteiger partial charge in [0.2, 0.25) is 0 Å². The number of benzene rings is 2. The van der Waals surface area contributed by atoms with Crippen LogP contribution in [0.4, 0.5) is 0 Å². The van der Waals surface area contributed by atoms with Gasteiger partial charge in [0.15, 0.2) is 0 Å². The van der Waals surface area contributed by atoms with Crippen LogP contribution < -0.4 is 4.74 Å². The van der Waals surface area contributed by atoms with Crippen LogP contribution in [0, 0.1) is 5.92 Å². The molecule has 0 unspecified atom stereocenters. The average Bonchev–Trinajstić information content (AvgIpc) is 2.65. The van der Waals surface area contributed by atoms with Crippen LogP contribution in [0.1, 0.15) is 24.5 Å². The Kier molecular flexibility index (Phi) is 7.12. The second-order valence-corrected chi connectivity index (χ2v) is 7.68. The molecule has 1 N–H and O–H groups in total. The standard InChI is InChI=1S/C23H26ClNO3/c1-17(12-13-25-15-20(16-25)23(26)27)19-6-10-22(11-7-19)28-14-2-3-18-4-8-21(24)9-5-18/h4-12,20H,2-3,13-16H2,1H3,(H,26,27). The third-order valence-corrected chi connectivity index (χ3v) is 5.32. The molecule has 1 saturated heterocycles. The van der Waals surface area contributed by atoms with Gasteiger partial charge in [-0.25, -0.2) is 0 Å². The van der Waals surface area contributed by atoms with Gasteiger partial charge in [-0.1, -0.05) is 41.9 Å². The van der Waals surface area contributed by atoms with Gasteiger partial charge in [0.25, 0.3) is 0 Å². The van der Waals surface area contributed by atoms with E-state index < -0.39 is 5.97 Å². The summed E-state index contributed by atoms with van der Waals surface area (Å²) < 4.78 is 5.84. The highest BCUT2D eigenvalue weighted by Crippen LogP contribution is 2.21. The molecule has 0 saturated carbocycles. The van der Waals surface area contributed by atoms with Crippen LogP contribution in [-0.4, -0.2) is 42.2 Å². The molecule has 0 aromatic heterocycles. The van der Waals surface area contributed by atoms with Crippen LogP contribution >= 0.6 is 11.6 Å². The molecule has 0 radical (unpaired) electrons. The maximum atomic E-state index is 10.8. The first-order valence-electron chi connectivity index (χ1n) is 9.61. The average molecular weight is 400 g/mol. The van der Waals surface area contributed by atoms with Crippen molar-refractivity contribution in [3.05, 3.63) is 70.8 Å². The van der Waals surface area contributed by atoms with Gasteiger partial charge in [-0.3, -0.25) is 9.69 Å². The Morgan fingerprint density at radius 2 is 1.86 bits per heavy atom. The molecule has 148 valence electrons. The van der Waals surface area contributed by atoms with Crippen molar-refractivity contribution >= 4 is 23.1 Å². The first kappa shape index (κ1) is 20.4. The van der Waals surface area contributed by atoms with Crippen LogP contribution in [0.15, 0.2) is 54.6 Å². The minimum atomic E-state index is -0.694. The number of aliphatic carboxylic acids is 1. The number of aryl methyl sites for hydroxylation is 1. The van der Waals surface area contributed by atoms with Crippen LogP contribution in [0.5, 0.6) is 5.75 Å². The molecule has 3 rings (SSSR count). The van der Waals surface area contributed by atoms with Crippen molar-refractivity contribution in [3.63, 3.8) is 0 Å². The number of hydrogen-bond donors (Lipinski definition) is 1. The first-order chi connectivity index (χ1) is 13.5. The van der Waals surface area contributed by atoms with Crippen molar-refractivity contribution in [1.82, 2.24) is 4.90 Å². The summed E-state index contributed by atoms with van der Waals surface area (Å²) in [6.45, 7) is 4.83. The highest BCUT2D eigenvalue weighted by molar-refractivity contribution is 6.30. The molecule has 2 aromatic carbocycles. The number of carbonyl (C=O) groups is 1. The van der Waals surface area contributed by atoms with E-state index in [4.69, 9.17) is 21.4 Å².